The van der Waals surface area contributed by atoms with E-state index >= 15 is 0 Å². The molecule has 0 saturated heterocycles. The van der Waals surface area contributed by atoms with Crippen molar-refractivity contribution >= 4 is 27.5 Å². The Labute approximate surface area is 108 Å². The third-order valence-electron chi connectivity index (χ3n) is 2.06. The highest BCUT2D eigenvalue weighted by atomic mass is 32.2. The van der Waals surface area contributed by atoms with Gasteiger partial charge in [0.2, 0.25) is 10.0 Å². The van der Waals surface area contributed by atoms with E-state index in [-0.39, 0.29) is 4.90 Å². The molecule has 18 heavy (non-hydrogen) atoms. The second-order valence-electron chi connectivity index (χ2n) is 3.39. The number of aromatic nitrogens is 2. The number of nitrogens with two attached hydrogens (primary N) is 2. The van der Waals surface area contributed by atoms with Crippen molar-refractivity contribution in [3.05, 3.63) is 36.8 Å². The molecule has 94 valence electrons. The topological polar surface area (TPSA) is 112 Å². The highest BCUT2D eigenvalue weighted by Crippen LogP contribution is 2.31. The molecule has 1 aromatic heterocycles. The first kappa shape index (κ1) is 12.8. The SMILES string of the molecule is Nc1cc(S(N)(=O)=O)ccc1Sc1cnccn1. The number of anilines is 1. The van der Waals surface area contributed by atoms with Crippen molar-refractivity contribution in [2.75, 3.05) is 5.73 Å². The molecule has 0 aliphatic heterocycles. The van der Waals surface area contributed by atoms with Gasteiger partial charge in [-0.1, -0.05) is 11.8 Å². The summed E-state index contributed by atoms with van der Waals surface area (Å²) in [5.74, 6) is 0. The molecule has 1 heterocycles. The van der Waals surface area contributed by atoms with Crippen LogP contribution in [0.3, 0.4) is 0 Å². The predicted octanol–water partition coefficient (Wildman–Crippen LogP) is 0.857. The molecule has 2 rings (SSSR count). The van der Waals surface area contributed by atoms with Crippen LogP contribution in [0, 0.1) is 0 Å². The molecule has 1 aromatic carbocycles. The predicted molar refractivity (Wildman–Crippen MR) is 68.4 cm³/mol. The summed E-state index contributed by atoms with van der Waals surface area (Å²) >= 11 is 1.30. The number of benzene rings is 1. The van der Waals surface area contributed by atoms with Gasteiger partial charge < -0.3 is 5.73 Å². The van der Waals surface area contributed by atoms with E-state index in [1.54, 1.807) is 24.7 Å². The molecule has 0 radical (unpaired) electrons. The highest BCUT2D eigenvalue weighted by Gasteiger charge is 2.11. The fourth-order valence-electron chi connectivity index (χ4n) is 1.25. The highest BCUT2D eigenvalue weighted by molar-refractivity contribution is 7.99. The van der Waals surface area contributed by atoms with Crippen LogP contribution >= 0.6 is 11.8 Å². The van der Waals surface area contributed by atoms with E-state index in [0.717, 1.165) is 0 Å². The van der Waals surface area contributed by atoms with Gasteiger partial charge >= 0.3 is 0 Å². The summed E-state index contributed by atoms with van der Waals surface area (Å²) < 4.78 is 22.3. The van der Waals surface area contributed by atoms with Crippen LogP contribution in [0.15, 0.2) is 51.6 Å². The Morgan fingerprint density at radius 2 is 2.00 bits per heavy atom. The summed E-state index contributed by atoms with van der Waals surface area (Å²) in [5.41, 5.74) is 6.11. The minimum absolute atomic E-state index is 0.0107. The van der Waals surface area contributed by atoms with Crippen molar-refractivity contribution in [1.29, 1.82) is 0 Å². The maximum atomic E-state index is 11.1. The zero-order valence-corrected chi connectivity index (χ0v) is 10.8. The van der Waals surface area contributed by atoms with E-state index in [2.05, 4.69) is 9.97 Å². The smallest absolute Gasteiger partial charge is 0.238 e. The first-order valence-corrected chi connectivity index (χ1v) is 7.19. The largest absolute Gasteiger partial charge is 0.398 e. The number of hydrogen-bond acceptors (Lipinski definition) is 6. The van der Waals surface area contributed by atoms with Crippen LogP contribution < -0.4 is 10.9 Å². The van der Waals surface area contributed by atoms with Gasteiger partial charge in [0.1, 0.15) is 5.03 Å². The summed E-state index contributed by atoms with van der Waals surface area (Å²) in [4.78, 5) is 8.70. The van der Waals surface area contributed by atoms with Gasteiger partial charge in [0.05, 0.1) is 11.1 Å². The van der Waals surface area contributed by atoms with Gasteiger partial charge in [-0.25, -0.2) is 18.5 Å². The molecule has 0 saturated carbocycles. The summed E-state index contributed by atoms with van der Waals surface area (Å²) in [6.45, 7) is 0. The number of primary sulfonamides is 1. The minimum Gasteiger partial charge on any atom is -0.398 e. The van der Waals surface area contributed by atoms with Gasteiger partial charge in [0.25, 0.3) is 0 Å². The van der Waals surface area contributed by atoms with Gasteiger partial charge in [0.15, 0.2) is 0 Å². The summed E-state index contributed by atoms with van der Waals surface area (Å²) in [6.07, 6.45) is 4.73. The van der Waals surface area contributed by atoms with Crippen LogP contribution in [-0.2, 0) is 10.0 Å². The molecule has 4 N–H and O–H groups in total. The molecule has 0 spiro atoms. The summed E-state index contributed by atoms with van der Waals surface area (Å²) in [5, 5.41) is 5.69. The Hall–Kier alpha value is -1.64. The lowest BCUT2D eigenvalue weighted by molar-refractivity contribution is 0.598. The quantitative estimate of drug-likeness (QED) is 0.807. The monoisotopic (exact) mass is 282 g/mol. The van der Waals surface area contributed by atoms with Gasteiger partial charge in [-0.15, -0.1) is 0 Å². The molecule has 0 aliphatic rings. The lowest BCUT2D eigenvalue weighted by Gasteiger charge is -2.06. The number of nitrogen functional groups attached to an aromatic ring is 1. The second kappa shape index (κ2) is 4.92. The van der Waals surface area contributed by atoms with Crippen molar-refractivity contribution in [2.24, 2.45) is 5.14 Å². The lowest BCUT2D eigenvalue weighted by atomic mass is 10.3. The number of nitrogens with zero attached hydrogens (tertiary/aromatic N) is 2. The van der Waals surface area contributed by atoms with Gasteiger partial charge in [0, 0.05) is 23.0 Å². The van der Waals surface area contributed by atoms with Crippen LogP contribution in [-0.4, -0.2) is 18.4 Å². The zero-order chi connectivity index (χ0) is 13.2. The van der Waals surface area contributed by atoms with Gasteiger partial charge in [-0.05, 0) is 18.2 Å². The Bertz CT molecular complexity index is 659. The molecule has 0 fully saturated rings. The average Bonchev–Trinajstić information content (AvgIpc) is 2.32. The van der Waals surface area contributed by atoms with E-state index in [4.69, 9.17) is 10.9 Å². The molecule has 0 aliphatic carbocycles. The summed E-state index contributed by atoms with van der Waals surface area (Å²) in [7, 11) is -3.73. The number of hydrogen-bond donors (Lipinski definition) is 2. The molecule has 0 atom stereocenters. The van der Waals surface area contributed by atoms with E-state index in [0.29, 0.717) is 15.6 Å². The standard InChI is InChI=1S/C10H10N4O2S2/c11-8-5-7(18(12,15)16)1-2-9(8)17-10-6-13-3-4-14-10/h1-6H,11H2,(H2,12,15,16). The Morgan fingerprint density at radius 3 is 2.56 bits per heavy atom. The van der Waals surface area contributed by atoms with Crippen molar-refractivity contribution < 1.29 is 8.42 Å². The van der Waals surface area contributed by atoms with Crippen LogP contribution in [0.1, 0.15) is 0 Å². The first-order chi connectivity index (χ1) is 8.47. The molecule has 6 nitrogen and oxygen atoms in total. The van der Waals surface area contributed by atoms with Crippen molar-refractivity contribution in [2.45, 2.75) is 14.8 Å². The third kappa shape index (κ3) is 2.97. The molecule has 0 unspecified atom stereocenters. The molecular formula is C10H10N4O2S2. The number of sulfonamides is 1. The molecule has 8 heteroatoms. The minimum atomic E-state index is -3.73. The van der Waals surface area contributed by atoms with E-state index < -0.39 is 10.0 Å². The van der Waals surface area contributed by atoms with E-state index in [1.807, 2.05) is 0 Å². The van der Waals surface area contributed by atoms with Crippen molar-refractivity contribution in [3.63, 3.8) is 0 Å². The molecular weight excluding hydrogens is 272 g/mol. The van der Waals surface area contributed by atoms with E-state index in [9.17, 15) is 8.42 Å². The zero-order valence-electron chi connectivity index (χ0n) is 9.15. The lowest BCUT2D eigenvalue weighted by Crippen LogP contribution is -2.12. The van der Waals surface area contributed by atoms with Gasteiger partial charge in [-0.3, -0.25) is 4.98 Å². The van der Waals surface area contributed by atoms with Gasteiger partial charge in [-0.2, -0.15) is 0 Å². The molecule has 0 amide bonds. The van der Waals surface area contributed by atoms with E-state index in [1.165, 1.54) is 23.9 Å². The average molecular weight is 282 g/mol. The third-order valence-corrected chi connectivity index (χ3v) is 3.99. The van der Waals surface area contributed by atoms with Crippen LogP contribution in [0.4, 0.5) is 5.69 Å². The van der Waals surface area contributed by atoms with Crippen molar-refractivity contribution in [3.8, 4) is 0 Å². The normalized spacial score (nSPS) is 11.4. The first-order valence-electron chi connectivity index (χ1n) is 4.83. The Morgan fingerprint density at radius 1 is 1.22 bits per heavy atom. The fraction of sp³-hybridized carbons (Fsp3) is 0. The van der Waals surface area contributed by atoms with Crippen molar-refractivity contribution in [1.82, 2.24) is 9.97 Å². The number of rotatable bonds is 3. The Kier molecular flexibility index (Phi) is 3.50. The fourth-order valence-corrected chi connectivity index (χ4v) is 2.56. The Balaban J connectivity index is 2.32. The molecule has 2 aromatic rings. The van der Waals surface area contributed by atoms with Crippen LogP contribution in [0.2, 0.25) is 0 Å². The molecule has 0 bridgehead atoms. The maximum absolute atomic E-state index is 11.1. The maximum Gasteiger partial charge on any atom is 0.238 e. The van der Waals surface area contributed by atoms with Crippen LogP contribution in [0.25, 0.3) is 0 Å². The van der Waals surface area contributed by atoms with Crippen LogP contribution in [0.5, 0.6) is 0 Å². The second-order valence-corrected chi connectivity index (χ2v) is 6.01. The summed E-state index contributed by atoms with van der Waals surface area (Å²) in [6, 6.07) is 4.33.